The first-order valence-electron chi connectivity index (χ1n) is 12.4. The molecule has 0 radical (unpaired) electrons. The monoisotopic (exact) mass is 492 g/mol. The molecule has 3 aliphatic heterocycles. The fourth-order valence-corrected chi connectivity index (χ4v) is 6.70. The molecule has 3 heterocycles. The number of piperidine rings is 1. The number of ether oxygens (including phenoxy) is 1. The molecule has 0 spiro atoms. The maximum atomic E-state index is 13.3. The minimum absolute atomic E-state index is 0.0296. The second kappa shape index (κ2) is 11.0. The van der Waals surface area contributed by atoms with E-state index in [2.05, 4.69) is 15.5 Å². The quantitative estimate of drug-likeness (QED) is 0.565. The molecule has 188 valence electrons. The van der Waals surface area contributed by atoms with Crippen molar-refractivity contribution >= 4 is 27.5 Å². The molecule has 4 rings (SSSR count). The van der Waals surface area contributed by atoms with Gasteiger partial charge in [0.25, 0.3) is 5.91 Å². The van der Waals surface area contributed by atoms with Crippen LogP contribution in [0.1, 0.15) is 50.5 Å². The SMILES string of the molecule is Cc1cc2c(cc1S(=O)(=O)N1CCC(C(=O)NCCCN3CCCCCC3)CC1)OCC(=O)N2. The summed E-state index contributed by atoms with van der Waals surface area (Å²) in [7, 11) is -3.72. The Morgan fingerprint density at radius 1 is 1.12 bits per heavy atom. The normalized spacial score (nSPS) is 20.7. The van der Waals surface area contributed by atoms with Crippen LogP contribution in [0.3, 0.4) is 0 Å². The number of carbonyl (C=O) groups is 2. The standard InChI is InChI=1S/C24H36N4O5S/c1-18-15-20-21(33-17-23(29)26-20)16-22(18)34(31,32)28-13-7-19(8-14-28)24(30)25-9-6-12-27-10-4-2-3-5-11-27/h15-16,19H,2-14,17H2,1H3,(H,25,30)(H,26,29). The number of anilines is 1. The highest BCUT2D eigenvalue weighted by molar-refractivity contribution is 7.89. The zero-order valence-electron chi connectivity index (χ0n) is 20.0. The van der Waals surface area contributed by atoms with Crippen LogP contribution in [-0.2, 0) is 19.6 Å². The molecule has 2 N–H and O–H groups in total. The lowest BCUT2D eigenvalue weighted by Crippen LogP contribution is -2.43. The lowest BCUT2D eigenvalue weighted by Gasteiger charge is -2.31. The van der Waals surface area contributed by atoms with E-state index in [0.29, 0.717) is 49.5 Å². The highest BCUT2D eigenvalue weighted by atomic mass is 32.2. The van der Waals surface area contributed by atoms with E-state index in [0.717, 1.165) is 26.1 Å². The van der Waals surface area contributed by atoms with Gasteiger partial charge < -0.3 is 20.3 Å². The van der Waals surface area contributed by atoms with Crippen molar-refractivity contribution in [3.8, 4) is 5.75 Å². The van der Waals surface area contributed by atoms with Gasteiger partial charge >= 0.3 is 0 Å². The van der Waals surface area contributed by atoms with Crippen LogP contribution in [0.5, 0.6) is 5.75 Å². The molecule has 9 nitrogen and oxygen atoms in total. The van der Waals surface area contributed by atoms with E-state index in [1.165, 1.54) is 36.1 Å². The van der Waals surface area contributed by atoms with Crippen LogP contribution in [0, 0.1) is 12.8 Å². The van der Waals surface area contributed by atoms with E-state index in [4.69, 9.17) is 4.74 Å². The van der Waals surface area contributed by atoms with E-state index in [1.807, 2.05) is 0 Å². The zero-order valence-corrected chi connectivity index (χ0v) is 20.8. The average molecular weight is 493 g/mol. The molecule has 0 saturated carbocycles. The third-order valence-corrected chi connectivity index (χ3v) is 9.04. The van der Waals surface area contributed by atoms with Gasteiger partial charge in [-0.1, -0.05) is 12.8 Å². The van der Waals surface area contributed by atoms with Crippen molar-refractivity contribution in [3.63, 3.8) is 0 Å². The number of benzene rings is 1. The second-order valence-corrected chi connectivity index (χ2v) is 11.4. The Labute approximate surface area is 202 Å². The van der Waals surface area contributed by atoms with Crippen LogP contribution in [0.15, 0.2) is 17.0 Å². The lowest BCUT2D eigenvalue weighted by molar-refractivity contribution is -0.126. The first-order valence-corrected chi connectivity index (χ1v) is 13.9. The van der Waals surface area contributed by atoms with Gasteiger partial charge in [0.1, 0.15) is 5.75 Å². The number of hydrogen-bond acceptors (Lipinski definition) is 6. The number of likely N-dealkylation sites (tertiary alicyclic amines) is 1. The zero-order chi connectivity index (χ0) is 24.1. The predicted molar refractivity (Wildman–Crippen MR) is 129 cm³/mol. The number of aryl methyl sites for hydroxylation is 1. The molecule has 2 saturated heterocycles. The molecule has 0 unspecified atom stereocenters. The summed E-state index contributed by atoms with van der Waals surface area (Å²) >= 11 is 0. The Kier molecular flexibility index (Phi) is 8.10. The summed E-state index contributed by atoms with van der Waals surface area (Å²) in [6, 6.07) is 3.12. The molecule has 34 heavy (non-hydrogen) atoms. The van der Waals surface area contributed by atoms with Crippen molar-refractivity contribution in [1.29, 1.82) is 0 Å². The van der Waals surface area contributed by atoms with Crippen LogP contribution in [0.4, 0.5) is 5.69 Å². The van der Waals surface area contributed by atoms with Gasteiger partial charge in [-0.2, -0.15) is 4.31 Å². The number of sulfonamides is 1. The van der Waals surface area contributed by atoms with E-state index < -0.39 is 10.0 Å². The van der Waals surface area contributed by atoms with E-state index in [1.54, 1.807) is 13.0 Å². The number of nitrogens with zero attached hydrogens (tertiary/aromatic N) is 2. The Balaban J connectivity index is 1.26. The summed E-state index contributed by atoms with van der Waals surface area (Å²) in [4.78, 5) is 26.8. The number of amides is 2. The third-order valence-electron chi connectivity index (χ3n) is 7.00. The molecule has 0 bridgehead atoms. The summed E-state index contributed by atoms with van der Waals surface area (Å²) in [5.41, 5.74) is 1.03. The molecule has 1 aromatic rings. The van der Waals surface area contributed by atoms with Gasteiger partial charge in [-0.15, -0.1) is 0 Å². The first-order chi connectivity index (χ1) is 16.3. The van der Waals surface area contributed by atoms with Crippen LogP contribution < -0.4 is 15.4 Å². The largest absolute Gasteiger partial charge is 0.482 e. The van der Waals surface area contributed by atoms with Gasteiger partial charge in [0.2, 0.25) is 15.9 Å². The molecule has 10 heteroatoms. The van der Waals surface area contributed by atoms with Crippen LogP contribution in [0.25, 0.3) is 0 Å². The fraction of sp³-hybridized carbons (Fsp3) is 0.667. The Hall–Kier alpha value is -2.17. The smallest absolute Gasteiger partial charge is 0.262 e. The summed E-state index contributed by atoms with van der Waals surface area (Å²) < 4.78 is 33.5. The Morgan fingerprint density at radius 2 is 1.82 bits per heavy atom. The maximum Gasteiger partial charge on any atom is 0.262 e. The summed E-state index contributed by atoms with van der Waals surface area (Å²) in [6.45, 7) is 6.19. The van der Waals surface area contributed by atoms with Gasteiger partial charge in [0.15, 0.2) is 6.61 Å². The average Bonchev–Trinajstić information content (AvgIpc) is 3.10. The minimum Gasteiger partial charge on any atom is -0.482 e. The molecule has 0 aromatic heterocycles. The highest BCUT2D eigenvalue weighted by Crippen LogP contribution is 2.35. The Bertz CT molecular complexity index is 997. The van der Waals surface area contributed by atoms with Crippen LogP contribution >= 0.6 is 0 Å². The highest BCUT2D eigenvalue weighted by Gasteiger charge is 2.34. The molecule has 0 aliphatic carbocycles. The van der Waals surface area contributed by atoms with Crippen molar-refractivity contribution in [2.75, 3.05) is 51.2 Å². The minimum atomic E-state index is -3.72. The molecule has 0 atom stereocenters. The fourth-order valence-electron chi connectivity index (χ4n) is 5.01. The third kappa shape index (κ3) is 5.90. The van der Waals surface area contributed by atoms with Gasteiger partial charge in [-0.3, -0.25) is 9.59 Å². The number of carbonyl (C=O) groups excluding carboxylic acids is 2. The molecule has 3 aliphatic rings. The van der Waals surface area contributed by atoms with Crippen LogP contribution in [-0.4, -0.2) is 75.3 Å². The molecule has 2 fully saturated rings. The van der Waals surface area contributed by atoms with Gasteiger partial charge in [0.05, 0.1) is 10.6 Å². The van der Waals surface area contributed by atoms with Gasteiger partial charge in [-0.05, 0) is 70.3 Å². The number of rotatable bonds is 7. The summed E-state index contributed by atoms with van der Waals surface area (Å²) in [5, 5.41) is 5.76. The van der Waals surface area contributed by atoms with Gasteiger partial charge in [-0.25, -0.2) is 8.42 Å². The maximum absolute atomic E-state index is 13.3. The van der Waals surface area contributed by atoms with E-state index in [9.17, 15) is 18.0 Å². The number of nitrogens with one attached hydrogen (secondary N) is 2. The topological polar surface area (TPSA) is 108 Å². The first kappa shape index (κ1) is 24.9. The van der Waals surface area contributed by atoms with Gasteiger partial charge in [0, 0.05) is 31.6 Å². The van der Waals surface area contributed by atoms with Crippen molar-refractivity contribution in [1.82, 2.24) is 14.5 Å². The number of fused-ring (bicyclic) bond motifs is 1. The molecule has 2 amide bonds. The van der Waals surface area contributed by atoms with Crippen molar-refractivity contribution in [2.45, 2.75) is 56.8 Å². The molecular formula is C24H36N4O5S. The lowest BCUT2D eigenvalue weighted by atomic mass is 9.97. The predicted octanol–water partition coefficient (Wildman–Crippen LogP) is 2.11. The molecular weight excluding hydrogens is 456 g/mol. The summed E-state index contributed by atoms with van der Waals surface area (Å²) in [5.74, 6) is -0.0298. The van der Waals surface area contributed by atoms with Crippen LogP contribution in [0.2, 0.25) is 0 Å². The van der Waals surface area contributed by atoms with E-state index >= 15 is 0 Å². The number of hydrogen-bond donors (Lipinski definition) is 2. The van der Waals surface area contributed by atoms with Crippen molar-refractivity contribution < 1.29 is 22.7 Å². The van der Waals surface area contributed by atoms with Crippen molar-refractivity contribution in [2.24, 2.45) is 5.92 Å². The van der Waals surface area contributed by atoms with Crippen molar-refractivity contribution in [3.05, 3.63) is 17.7 Å². The summed E-state index contributed by atoms with van der Waals surface area (Å²) in [6.07, 6.45) is 7.13. The van der Waals surface area contributed by atoms with E-state index in [-0.39, 0.29) is 29.2 Å². The Morgan fingerprint density at radius 3 is 2.53 bits per heavy atom. The molecule has 1 aromatic carbocycles. The second-order valence-electron chi connectivity index (χ2n) is 9.53.